The number of nitrogens with one attached hydrogen (secondary N) is 2. The lowest BCUT2D eigenvalue weighted by Gasteiger charge is -2.23. The van der Waals surface area contributed by atoms with E-state index in [1.807, 2.05) is 19.0 Å². The Kier molecular flexibility index (Phi) is 9.28. The minimum Gasteiger partial charge on any atom is -0.377 e. The first-order valence-corrected chi connectivity index (χ1v) is 13.9. The third kappa shape index (κ3) is 7.36. The van der Waals surface area contributed by atoms with Gasteiger partial charge in [-0.3, -0.25) is 4.79 Å². The Morgan fingerprint density at radius 1 is 1.08 bits per heavy atom. The Balaban J connectivity index is 1.76. The number of hydrogen-bond acceptors (Lipinski definition) is 6. The van der Waals surface area contributed by atoms with Gasteiger partial charge in [-0.15, -0.1) is 11.8 Å². The molecule has 0 spiro atoms. The second-order valence-electron chi connectivity index (χ2n) is 9.07. The smallest absolute Gasteiger partial charge is 0.271 e. The molecule has 1 aliphatic rings. The number of sulfonamides is 1. The van der Waals surface area contributed by atoms with Crippen LogP contribution in [0.3, 0.4) is 0 Å². The predicted octanol–water partition coefficient (Wildman–Crippen LogP) is 4.72. The van der Waals surface area contributed by atoms with Crippen molar-refractivity contribution in [3.63, 3.8) is 0 Å². The first-order chi connectivity index (χ1) is 16.9. The normalized spacial score (nSPS) is 16.2. The Hall–Kier alpha value is -2.31. The van der Waals surface area contributed by atoms with Gasteiger partial charge in [-0.2, -0.15) is 0 Å². The highest BCUT2D eigenvalue weighted by Gasteiger charge is 2.43. The standard InChI is InChI=1S/C24H29F4N3O3S2/c1-31(2)12-9-17(15-35-18-7-5-16(25)6-8-18)29-22-20(26)13-19(14-21(22)27)36(33,34)30-23(32)24(28)10-3-4-11-24/h5-8,13-14,17,29H,3-4,9-12,15H2,1-2H3,(H,30,32)/t17-/m1/s1. The summed E-state index contributed by atoms with van der Waals surface area (Å²) < 4.78 is 84.3. The summed E-state index contributed by atoms with van der Waals surface area (Å²) in [5, 5.41) is 2.81. The van der Waals surface area contributed by atoms with Gasteiger partial charge in [0.2, 0.25) is 0 Å². The highest BCUT2D eigenvalue weighted by Crippen LogP contribution is 2.34. The number of nitrogens with zero attached hydrogens (tertiary/aromatic N) is 1. The zero-order valence-corrected chi connectivity index (χ0v) is 21.6. The molecule has 0 saturated heterocycles. The molecular weight excluding hydrogens is 518 g/mol. The lowest BCUT2D eigenvalue weighted by Crippen LogP contribution is -2.44. The number of rotatable bonds is 11. The van der Waals surface area contributed by atoms with E-state index in [4.69, 9.17) is 0 Å². The molecule has 0 bridgehead atoms. The summed E-state index contributed by atoms with van der Waals surface area (Å²) in [5.74, 6) is -3.64. The van der Waals surface area contributed by atoms with Crippen molar-refractivity contribution in [2.24, 2.45) is 0 Å². The van der Waals surface area contributed by atoms with Crippen LogP contribution >= 0.6 is 11.8 Å². The van der Waals surface area contributed by atoms with Crippen molar-refractivity contribution >= 4 is 33.4 Å². The highest BCUT2D eigenvalue weighted by molar-refractivity contribution is 7.99. The van der Waals surface area contributed by atoms with Crippen molar-refractivity contribution in [3.8, 4) is 0 Å². The molecule has 2 N–H and O–H groups in total. The van der Waals surface area contributed by atoms with Crippen molar-refractivity contribution in [1.82, 2.24) is 9.62 Å². The van der Waals surface area contributed by atoms with Gasteiger partial charge in [0.1, 0.15) is 11.5 Å². The number of carbonyl (C=O) groups is 1. The summed E-state index contributed by atoms with van der Waals surface area (Å²) in [6, 6.07) is 6.62. The van der Waals surface area contributed by atoms with Crippen molar-refractivity contribution in [2.75, 3.05) is 31.7 Å². The molecule has 0 aliphatic heterocycles. The van der Waals surface area contributed by atoms with Crippen LogP contribution in [0.4, 0.5) is 23.2 Å². The highest BCUT2D eigenvalue weighted by atomic mass is 32.2. The number of halogens is 4. The molecule has 1 amide bonds. The summed E-state index contributed by atoms with van der Waals surface area (Å²) in [7, 11) is -0.978. The van der Waals surface area contributed by atoms with Crippen LogP contribution in [0, 0.1) is 17.5 Å². The van der Waals surface area contributed by atoms with E-state index in [9.17, 15) is 30.8 Å². The van der Waals surface area contributed by atoms with Crippen LogP contribution in [0.25, 0.3) is 0 Å². The maximum atomic E-state index is 14.9. The average molecular weight is 548 g/mol. The third-order valence-corrected chi connectivity index (χ3v) is 8.38. The molecule has 0 heterocycles. The van der Waals surface area contributed by atoms with Crippen LogP contribution in [-0.2, 0) is 14.8 Å². The fraction of sp³-hybridized carbons (Fsp3) is 0.458. The third-order valence-electron chi connectivity index (χ3n) is 5.89. The molecule has 3 rings (SSSR count). The molecule has 1 atom stereocenters. The molecule has 2 aromatic carbocycles. The van der Waals surface area contributed by atoms with Gasteiger partial charge in [0, 0.05) is 16.7 Å². The van der Waals surface area contributed by atoms with Crippen molar-refractivity contribution in [1.29, 1.82) is 0 Å². The summed E-state index contributed by atoms with van der Waals surface area (Å²) in [6.07, 6.45) is 1.19. The van der Waals surface area contributed by atoms with Crippen molar-refractivity contribution < 1.29 is 30.8 Å². The Bertz CT molecular complexity index is 1150. The van der Waals surface area contributed by atoms with E-state index in [1.54, 1.807) is 16.9 Å². The van der Waals surface area contributed by atoms with E-state index in [0.717, 1.165) is 4.90 Å². The van der Waals surface area contributed by atoms with Gasteiger partial charge >= 0.3 is 0 Å². The quantitative estimate of drug-likeness (QED) is 0.313. The largest absolute Gasteiger partial charge is 0.377 e. The minimum atomic E-state index is -4.69. The van der Waals surface area contributed by atoms with Gasteiger partial charge in [0.25, 0.3) is 15.9 Å². The van der Waals surface area contributed by atoms with E-state index in [-0.39, 0.29) is 18.7 Å². The first-order valence-electron chi connectivity index (χ1n) is 11.4. The second-order valence-corrected chi connectivity index (χ2v) is 11.8. The van der Waals surface area contributed by atoms with E-state index in [1.165, 1.54) is 23.9 Å². The zero-order chi connectivity index (χ0) is 26.5. The fourth-order valence-electron chi connectivity index (χ4n) is 3.82. The molecule has 0 unspecified atom stereocenters. The molecule has 2 aromatic rings. The van der Waals surface area contributed by atoms with Gasteiger partial charge in [-0.1, -0.05) is 0 Å². The summed E-state index contributed by atoms with van der Waals surface area (Å²) in [4.78, 5) is 14.0. The molecule has 1 fully saturated rings. The number of carbonyl (C=O) groups excluding carboxylic acids is 1. The molecule has 36 heavy (non-hydrogen) atoms. The van der Waals surface area contributed by atoms with Crippen LogP contribution in [0.15, 0.2) is 46.2 Å². The SMILES string of the molecule is CN(C)CC[C@H](CSc1ccc(F)cc1)Nc1c(F)cc(S(=O)(=O)NC(=O)C2(F)CCCC2)cc1F. The van der Waals surface area contributed by atoms with Gasteiger partial charge < -0.3 is 10.2 Å². The van der Waals surface area contributed by atoms with Crippen LogP contribution in [0.2, 0.25) is 0 Å². The second kappa shape index (κ2) is 11.8. The van der Waals surface area contributed by atoms with Gasteiger partial charge in [-0.05, 0) is 89.1 Å². The van der Waals surface area contributed by atoms with Crippen LogP contribution in [0.5, 0.6) is 0 Å². The lowest BCUT2D eigenvalue weighted by atomic mass is 10.1. The molecular formula is C24H29F4N3O3S2. The fourth-order valence-corrected chi connectivity index (χ4v) is 5.86. The molecule has 1 aliphatic carbocycles. The van der Waals surface area contributed by atoms with E-state index in [0.29, 0.717) is 43.7 Å². The molecule has 12 heteroatoms. The molecule has 1 saturated carbocycles. The number of alkyl halides is 1. The molecule has 198 valence electrons. The van der Waals surface area contributed by atoms with Gasteiger partial charge in [0.15, 0.2) is 17.3 Å². The molecule has 0 radical (unpaired) electrons. The number of amides is 1. The first kappa shape index (κ1) is 28.3. The maximum absolute atomic E-state index is 14.9. The summed E-state index contributed by atoms with van der Waals surface area (Å²) in [6.45, 7) is 0.606. The van der Waals surface area contributed by atoms with Crippen LogP contribution in [-0.4, -0.2) is 57.3 Å². The predicted molar refractivity (Wildman–Crippen MR) is 132 cm³/mol. The number of hydrogen-bond donors (Lipinski definition) is 2. The molecule has 0 aromatic heterocycles. The minimum absolute atomic E-state index is 0.107. The Labute approximate surface area is 212 Å². The van der Waals surface area contributed by atoms with E-state index < -0.39 is 49.9 Å². The maximum Gasteiger partial charge on any atom is 0.271 e. The Morgan fingerprint density at radius 3 is 2.22 bits per heavy atom. The number of thioether (sulfide) groups is 1. The van der Waals surface area contributed by atoms with Gasteiger partial charge in [0.05, 0.1) is 4.90 Å². The van der Waals surface area contributed by atoms with Crippen molar-refractivity contribution in [3.05, 3.63) is 53.8 Å². The van der Waals surface area contributed by atoms with Gasteiger partial charge in [-0.25, -0.2) is 30.7 Å². The van der Waals surface area contributed by atoms with Crippen LogP contribution < -0.4 is 10.0 Å². The van der Waals surface area contributed by atoms with Crippen LogP contribution in [0.1, 0.15) is 32.1 Å². The zero-order valence-electron chi connectivity index (χ0n) is 20.0. The Morgan fingerprint density at radius 2 is 1.67 bits per heavy atom. The number of anilines is 1. The summed E-state index contributed by atoms with van der Waals surface area (Å²) in [5.41, 5.74) is -2.82. The lowest BCUT2D eigenvalue weighted by molar-refractivity contribution is -0.130. The monoisotopic (exact) mass is 547 g/mol. The van der Waals surface area contributed by atoms with E-state index >= 15 is 0 Å². The topological polar surface area (TPSA) is 78.5 Å². The number of benzene rings is 2. The summed E-state index contributed by atoms with van der Waals surface area (Å²) >= 11 is 1.37. The average Bonchev–Trinajstić information content (AvgIpc) is 3.26. The van der Waals surface area contributed by atoms with E-state index in [2.05, 4.69) is 5.32 Å². The molecule has 6 nitrogen and oxygen atoms in total. The van der Waals surface area contributed by atoms with Crippen molar-refractivity contribution in [2.45, 2.75) is 53.6 Å².